The summed E-state index contributed by atoms with van der Waals surface area (Å²) in [6, 6.07) is 7.13. The molecule has 8 nitrogen and oxygen atoms in total. The van der Waals surface area contributed by atoms with Crippen LogP contribution in [0, 0.1) is 12.8 Å². The lowest BCUT2D eigenvalue weighted by Crippen LogP contribution is -2.34. The number of amides is 1. The molecule has 1 heterocycles. The maximum Gasteiger partial charge on any atom is 0.306 e. The van der Waals surface area contributed by atoms with Gasteiger partial charge >= 0.3 is 5.97 Å². The molecule has 1 aromatic heterocycles. The van der Waals surface area contributed by atoms with Gasteiger partial charge < -0.3 is 15.2 Å². The number of nitrogens with one attached hydrogen (secondary N) is 1. The third kappa shape index (κ3) is 3.47. The minimum Gasteiger partial charge on any atom is -0.497 e. The van der Waals surface area contributed by atoms with E-state index in [0.29, 0.717) is 25.0 Å². The summed E-state index contributed by atoms with van der Waals surface area (Å²) in [6.07, 6.45) is 1.69. The summed E-state index contributed by atoms with van der Waals surface area (Å²) >= 11 is 0. The van der Waals surface area contributed by atoms with E-state index in [1.165, 1.54) is 0 Å². The fraction of sp³-hybridized carbons (Fsp3) is 0.412. The average Bonchev–Trinajstić information content (AvgIpc) is 3.22. The largest absolute Gasteiger partial charge is 0.497 e. The molecule has 1 amide bonds. The van der Waals surface area contributed by atoms with Crippen molar-refractivity contribution in [1.29, 1.82) is 0 Å². The Balaban J connectivity index is 1.72. The number of methoxy groups -OCH3 is 1. The van der Waals surface area contributed by atoms with E-state index >= 15 is 0 Å². The smallest absolute Gasteiger partial charge is 0.306 e. The number of ether oxygens (including phenoxy) is 1. The topological polar surface area (TPSA) is 106 Å². The zero-order valence-corrected chi connectivity index (χ0v) is 14.1. The molecule has 132 valence electrons. The van der Waals surface area contributed by atoms with Crippen LogP contribution in [-0.4, -0.2) is 45.1 Å². The van der Waals surface area contributed by atoms with Gasteiger partial charge in [0.15, 0.2) is 5.69 Å². The van der Waals surface area contributed by atoms with Crippen LogP contribution in [0.4, 0.5) is 0 Å². The van der Waals surface area contributed by atoms with Crippen LogP contribution in [0.25, 0.3) is 5.69 Å². The molecule has 2 N–H and O–H groups in total. The molecule has 8 heteroatoms. The first-order chi connectivity index (χ1) is 12.0. The maximum absolute atomic E-state index is 12.4. The molecule has 0 spiro atoms. The van der Waals surface area contributed by atoms with Crippen LogP contribution in [0.2, 0.25) is 0 Å². The fourth-order valence-corrected chi connectivity index (χ4v) is 3.10. The highest BCUT2D eigenvalue weighted by Gasteiger charge is 2.31. The summed E-state index contributed by atoms with van der Waals surface area (Å²) in [5.41, 5.74) is 1.64. The molecule has 0 aliphatic heterocycles. The number of carboxylic acid groups (broad SMARTS) is 1. The SMILES string of the molecule is COc1ccc(-n2nnc(C(=O)N[C@H]3CC[C@@H](C(=O)O)C3)c2C)cc1. The molecule has 2 aromatic rings. The molecule has 1 fully saturated rings. The number of nitrogens with zero attached hydrogens (tertiary/aromatic N) is 3. The Kier molecular flexibility index (Phi) is 4.69. The molecule has 1 saturated carbocycles. The number of hydrogen-bond donors (Lipinski definition) is 2. The van der Waals surface area contributed by atoms with Gasteiger partial charge in [-0.05, 0) is 50.5 Å². The standard InChI is InChI=1S/C17H20N4O4/c1-10-15(16(22)18-12-4-3-11(9-12)17(23)24)19-20-21(10)13-5-7-14(25-2)8-6-13/h5-8,11-12H,3-4,9H2,1-2H3,(H,18,22)(H,23,24)/t11-,12+/m1/s1. The zero-order chi connectivity index (χ0) is 18.0. The van der Waals surface area contributed by atoms with Gasteiger partial charge in [-0.1, -0.05) is 5.21 Å². The van der Waals surface area contributed by atoms with Gasteiger partial charge in [-0.25, -0.2) is 4.68 Å². The Hall–Kier alpha value is -2.90. The molecule has 0 bridgehead atoms. The number of aromatic nitrogens is 3. The predicted octanol–water partition coefficient (Wildman–Crippen LogP) is 1.57. The lowest BCUT2D eigenvalue weighted by Gasteiger charge is -2.11. The lowest BCUT2D eigenvalue weighted by molar-refractivity contribution is -0.141. The predicted molar refractivity (Wildman–Crippen MR) is 88.9 cm³/mol. The van der Waals surface area contributed by atoms with Crippen molar-refractivity contribution in [3.8, 4) is 11.4 Å². The molecular weight excluding hydrogens is 324 g/mol. The van der Waals surface area contributed by atoms with Crippen molar-refractivity contribution in [1.82, 2.24) is 20.3 Å². The average molecular weight is 344 g/mol. The maximum atomic E-state index is 12.4. The van der Waals surface area contributed by atoms with Crippen LogP contribution in [-0.2, 0) is 4.79 Å². The number of rotatable bonds is 5. The second-order valence-corrected chi connectivity index (χ2v) is 6.15. The summed E-state index contributed by atoms with van der Waals surface area (Å²) in [6.45, 7) is 1.77. The van der Waals surface area contributed by atoms with Crippen molar-refractivity contribution >= 4 is 11.9 Å². The Morgan fingerprint density at radius 2 is 2.00 bits per heavy atom. The second-order valence-electron chi connectivity index (χ2n) is 6.15. The number of carbonyl (C=O) groups excluding carboxylic acids is 1. The van der Waals surface area contributed by atoms with Crippen LogP contribution >= 0.6 is 0 Å². The Bertz CT molecular complexity index is 784. The van der Waals surface area contributed by atoms with Crippen molar-refractivity contribution < 1.29 is 19.4 Å². The number of carbonyl (C=O) groups is 2. The van der Waals surface area contributed by atoms with E-state index in [2.05, 4.69) is 15.6 Å². The molecule has 0 unspecified atom stereocenters. The number of benzene rings is 1. The van der Waals surface area contributed by atoms with Crippen molar-refractivity contribution in [3.63, 3.8) is 0 Å². The molecule has 0 saturated heterocycles. The molecule has 1 aliphatic carbocycles. The molecule has 25 heavy (non-hydrogen) atoms. The van der Waals surface area contributed by atoms with Crippen LogP contribution in [0.5, 0.6) is 5.75 Å². The van der Waals surface area contributed by atoms with Crippen LogP contribution < -0.4 is 10.1 Å². The first-order valence-corrected chi connectivity index (χ1v) is 8.10. The van der Waals surface area contributed by atoms with E-state index in [1.54, 1.807) is 30.8 Å². The van der Waals surface area contributed by atoms with Crippen molar-refractivity contribution in [3.05, 3.63) is 35.7 Å². The minimum atomic E-state index is -0.807. The summed E-state index contributed by atoms with van der Waals surface area (Å²) in [4.78, 5) is 23.5. The van der Waals surface area contributed by atoms with Gasteiger partial charge in [0, 0.05) is 6.04 Å². The second kappa shape index (κ2) is 6.92. The Labute approximate surface area is 144 Å². The van der Waals surface area contributed by atoms with Gasteiger partial charge in [-0.3, -0.25) is 9.59 Å². The van der Waals surface area contributed by atoms with Crippen LogP contribution in [0.3, 0.4) is 0 Å². The van der Waals surface area contributed by atoms with Gasteiger partial charge in [0.25, 0.3) is 5.91 Å². The summed E-state index contributed by atoms with van der Waals surface area (Å²) in [5, 5.41) is 19.9. The Morgan fingerprint density at radius 1 is 1.28 bits per heavy atom. The monoisotopic (exact) mass is 344 g/mol. The van der Waals surface area contributed by atoms with E-state index in [9.17, 15) is 9.59 Å². The fourth-order valence-electron chi connectivity index (χ4n) is 3.10. The van der Waals surface area contributed by atoms with E-state index in [0.717, 1.165) is 11.4 Å². The lowest BCUT2D eigenvalue weighted by atomic mass is 10.1. The van der Waals surface area contributed by atoms with Crippen LogP contribution in [0.15, 0.2) is 24.3 Å². The number of aliphatic carboxylic acids is 1. The van der Waals surface area contributed by atoms with Gasteiger partial charge in [0.1, 0.15) is 5.75 Å². The van der Waals surface area contributed by atoms with E-state index < -0.39 is 5.97 Å². The first kappa shape index (κ1) is 16.9. The van der Waals surface area contributed by atoms with Crippen molar-refractivity contribution in [2.75, 3.05) is 7.11 Å². The highest BCUT2D eigenvalue weighted by Crippen LogP contribution is 2.26. The summed E-state index contributed by atoms with van der Waals surface area (Å²) < 4.78 is 6.71. The normalized spacial score (nSPS) is 19.6. The molecule has 1 aromatic carbocycles. The van der Waals surface area contributed by atoms with E-state index in [1.807, 2.05) is 12.1 Å². The van der Waals surface area contributed by atoms with Gasteiger partial charge in [0.2, 0.25) is 0 Å². The van der Waals surface area contributed by atoms with E-state index in [4.69, 9.17) is 9.84 Å². The molecule has 1 aliphatic rings. The van der Waals surface area contributed by atoms with Gasteiger partial charge in [0.05, 0.1) is 24.4 Å². The summed E-state index contributed by atoms with van der Waals surface area (Å²) in [5.74, 6) is -0.790. The van der Waals surface area contributed by atoms with Crippen LogP contribution in [0.1, 0.15) is 35.4 Å². The third-order valence-corrected chi connectivity index (χ3v) is 4.54. The zero-order valence-electron chi connectivity index (χ0n) is 14.1. The third-order valence-electron chi connectivity index (χ3n) is 4.54. The van der Waals surface area contributed by atoms with Crippen molar-refractivity contribution in [2.24, 2.45) is 5.92 Å². The highest BCUT2D eigenvalue weighted by atomic mass is 16.5. The molecule has 2 atom stereocenters. The number of carboxylic acids is 1. The molecule has 0 radical (unpaired) electrons. The number of hydrogen-bond acceptors (Lipinski definition) is 5. The quantitative estimate of drug-likeness (QED) is 0.853. The minimum absolute atomic E-state index is 0.140. The molecular formula is C17H20N4O4. The first-order valence-electron chi connectivity index (χ1n) is 8.10. The van der Waals surface area contributed by atoms with Gasteiger partial charge in [-0.2, -0.15) is 0 Å². The highest BCUT2D eigenvalue weighted by molar-refractivity contribution is 5.93. The van der Waals surface area contributed by atoms with Gasteiger partial charge in [-0.15, -0.1) is 5.10 Å². The molecule has 3 rings (SSSR count). The Morgan fingerprint density at radius 3 is 2.60 bits per heavy atom. The summed E-state index contributed by atoms with van der Waals surface area (Å²) in [7, 11) is 1.59. The van der Waals surface area contributed by atoms with E-state index in [-0.39, 0.29) is 23.6 Å². The van der Waals surface area contributed by atoms with Crippen molar-refractivity contribution in [2.45, 2.75) is 32.2 Å².